The van der Waals surface area contributed by atoms with Crippen LogP contribution in [0, 0.1) is 17.8 Å². The average Bonchev–Trinajstić information content (AvgIpc) is 3.18. The Morgan fingerprint density at radius 1 is 1.18 bits per heavy atom. The van der Waals surface area contributed by atoms with Crippen LogP contribution in [-0.2, 0) is 9.59 Å². The lowest BCUT2D eigenvalue weighted by molar-refractivity contribution is -0.132. The maximum atomic E-state index is 12.8. The number of para-hydroxylation sites is 1. The molecule has 0 bridgehead atoms. The van der Waals surface area contributed by atoms with E-state index >= 15 is 0 Å². The number of nitrogens with one attached hydrogen (secondary N) is 1. The molecule has 152 valence electrons. The Hall–Kier alpha value is -2.04. The molecule has 1 aromatic carbocycles. The maximum absolute atomic E-state index is 12.8. The number of carbonyl (C=O) groups excluding carboxylic acids is 2. The zero-order chi connectivity index (χ0) is 19.5. The molecule has 28 heavy (non-hydrogen) atoms. The first kappa shape index (κ1) is 19.3. The zero-order valence-electron chi connectivity index (χ0n) is 16.8. The number of hydrogen-bond acceptors (Lipinski definition) is 3. The van der Waals surface area contributed by atoms with Gasteiger partial charge in [0.05, 0.1) is 0 Å². The van der Waals surface area contributed by atoms with Gasteiger partial charge in [0.1, 0.15) is 5.75 Å². The fourth-order valence-electron chi connectivity index (χ4n) is 5.67. The van der Waals surface area contributed by atoms with Crippen molar-refractivity contribution in [3.63, 3.8) is 0 Å². The Labute approximate surface area is 167 Å². The molecule has 1 saturated heterocycles. The standard InChI is InChI=1S/C23H32N2O3/c1-16-12-21-19(13-23(27)25(21)17-8-4-2-5-9-17)20(16)14-24-22(26)15-28-18-10-6-3-7-11-18/h3,6-7,10-11,16-17,19-21H,2,4-5,8-9,12-15H2,1H3,(H,24,26)/t16-,19-,20+,21+/m0/s1. The molecule has 3 aliphatic rings. The number of likely N-dealkylation sites (tertiary alicyclic amines) is 1. The molecule has 1 aliphatic heterocycles. The lowest BCUT2D eigenvalue weighted by Crippen LogP contribution is -2.43. The summed E-state index contributed by atoms with van der Waals surface area (Å²) in [4.78, 5) is 27.2. The summed E-state index contributed by atoms with van der Waals surface area (Å²) >= 11 is 0. The number of fused-ring (bicyclic) bond motifs is 1. The van der Waals surface area contributed by atoms with Crippen molar-refractivity contribution >= 4 is 11.8 Å². The van der Waals surface area contributed by atoms with Gasteiger partial charge in [0, 0.05) is 25.0 Å². The van der Waals surface area contributed by atoms with Crippen molar-refractivity contribution < 1.29 is 14.3 Å². The first-order chi connectivity index (χ1) is 13.6. The highest BCUT2D eigenvalue weighted by Crippen LogP contribution is 2.47. The summed E-state index contributed by atoms with van der Waals surface area (Å²) in [6.07, 6.45) is 7.89. The molecule has 0 radical (unpaired) electrons. The molecule has 0 spiro atoms. The van der Waals surface area contributed by atoms with E-state index in [0.717, 1.165) is 6.42 Å². The predicted molar refractivity (Wildman–Crippen MR) is 108 cm³/mol. The monoisotopic (exact) mass is 384 g/mol. The van der Waals surface area contributed by atoms with Gasteiger partial charge in [0.2, 0.25) is 5.91 Å². The van der Waals surface area contributed by atoms with E-state index in [2.05, 4.69) is 17.1 Å². The van der Waals surface area contributed by atoms with E-state index in [4.69, 9.17) is 4.74 Å². The summed E-state index contributed by atoms with van der Waals surface area (Å²) in [5, 5.41) is 3.05. The maximum Gasteiger partial charge on any atom is 0.257 e. The molecule has 1 N–H and O–H groups in total. The molecular formula is C23H32N2O3. The molecule has 2 saturated carbocycles. The topological polar surface area (TPSA) is 58.6 Å². The van der Waals surface area contributed by atoms with Crippen LogP contribution in [0.15, 0.2) is 30.3 Å². The van der Waals surface area contributed by atoms with E-state index < -0.39 is 0 Å². The summed E-state index contributed by atoms with van der Waals surface area (Å²) in [6.45, 7) is 2.95. The number of amides is 2. The summed E-state index contributed by atoms with van der Waals surface area (Å²) in [5.41, 5.74) is 0. The van der Waals surface area contributed by atoms with Crippen LogP contribution in [0.25, 0.3) is 0 Å². The minimum atomic E-state index is -0.0898. The van der Waals surface area contributed by atoms with Gasteiger partial charge >= 0.3 is 0 Å². The van der Waals surface area contributed by atoms with Crippen LogP contribution < -0.4 is 10.1 Å². The fourth-order valence-corrected chi connectivity index (χ4v) is 5.67. The van der Waals surface area contributed by atoms with Crippen molar-refractivity contribution in [2.45, 2.75) is 64.0 Å². The minimum absolute atomic E-state index is 0.0341. The molecule has 5 heteroatoms. The summed E-state index contributed by atoms with van der Waals surface area (Å²) < 4.78 is 5.54. The van der Waals surface area contributed by atoms with Crippen LogP contribution in [0.5, 0.6) is 5.75 Å². The van der Waals surface area contributed by atoms with Gasteiger partial charge in [-0.05, 0) is 49.1 Å². The van der Waals surface area contributed by atoms with Gasteiger partial charge in [-0.1, -0.05) is 44.4 Å². The second kappa shape index (κ2) is 8.54. The fraction of sp³-hybridized carbons (Fsp3) is 0.652. The lowest BCUT2D eigenvalue weighted by Gasteiger charge is -2.35. The molecule has 0 unspecified atom stereocenters. The Morgan fingerprint density at radius 2 is 1.93 bits per heavy atom. The third-order valence-corrected chi connectivity index (χ3v) is 7.06. The van der Waals surface area contributed by atoms with Crippen LogP contribution in [0.4, 0.5) is 0 Å². The number of benzene rings is 1. The Morgan fingerprint density at radius 3 is 2.68 bits per heavy atom. The lowest BCUT2D eigenvalue weighted by atomic mass is 9.88. The van der Waals surface area contributed by atoms with Crippen molar-refractivity contribution in [3.8, 4) is 5.75 Å². The summed E-state index contributed by atoms with van der Waals surface area (Å²) in [7, 11) is 0. The summed E-state index contributed by atoms with van der Waals surface area (Å²) in [5.74, 6) is 2.26. The normalized spacial score (nSPS) is 30.3. The van der Waals surface area contributed by atoms with E-state index in [-0.39, 0.29) is 12.5 Å². The van der Waals surface area contributed by atoms with Crippen LogP contribution in [-0.4, -0.2) is 41.9 Å². The third-order valence-electron chi connectivity index (χ3n) is 7.06. The highest BCUT2D eigenvalue weighted by molar-refractivity contribution is 5.80. The van der Waals surface area contributed by atoms with Gasteiger partial charge in [-0.15, -0.1) is 0 Å². The third kappa shape index (κ3) is 4.03. The van der Waals surface area contributed by atoms with Crippen molar-refractivity contribution in [2.75, 3.05) is 13.2 Å². The summed E-state index contributed by atoms with van der Waals surface area (Å²) in [6, 6.07) is 10.2. The van der Waals surface area contributed by atoms with Gasteiger partial charge < -0.3 is 15.0 Å². The van der Waals surface area contributed by atoms with Crippen LogP contribution in [0.3, 0.4) is 0 Å². The SMILES string of the molecule is C[C@H]1C[C@@H]2[C@@H](CC(=O)N2C2CCCCC2)[C@@H]1CNC(=O)COc1ccccc1. The van der Waals surface area contributed by atoms with Gasteiger partial charge in [-0.25, -0.2) is 0 Å². The number of hydrogen-bond donors (Lipinski definition) is 1. The van der Waals surface area contributed by atoms with Crippen LogP contribution >= 0.6 is 0 Å². The number of carbonyl (C=O) groups is 2. The Kier molecular flexibility index (Phi) is 5.88. The van der Waals surface area contributed by atoms with E-state index in [1.807, 2.05) is 30.3 Å². The molecule has 1 heterocycles. The smallest absolute Gasteiger partial charge is 0.257 e. The van der Waals surface area contributed by atoms with E-state index in [0.29, 0.717) is 54.5 Å². The molecule has 5 nitrogen and oxygen atoms in total. The highest BCUT2D eigenvalue weighted by atomic mass is 16.5. The molecule has 3 fully saturated rings. The van der Waals surface area contributed by atoms with Gasteiger partial charge in [-0.3, -0.25) is 9.59 Å². The van der Waals surface area contributed by atoms with Gasteiger partial charge in [-0.2, -0.15) is 0 Å². The quantitative estimate of drug-likeness (QED) is 0.818. The first-order valence-electron chi connectivity index (χ1n) is 10.9. The first-order valence-corrected chi connectivity index (χ1v) is 10.9. The highest BCUT2D eigenvalue weighted by Gasteiger charge is 2.52. The van der Waals surface area contributed by atoms with Crippen molar-refractivity contribution in [2.24, 2.45) is 17.8 Å². The number of rotatable bonds is 6. The van der Waals surface area contributed by atoms with Gasteiger partial charge in [0.25, 0.3) is 5.91 Å². The van der Waals surface area contributed by atoms with E-state index in [1.165, 1.54) is 32.1 Å². The largest absolute Gasteiger partial charge is 0.484 e. The molecule has 4 rings (SSSR count). The van der Waals surface area contributed by atoms with Crippen LogP contribution in [0.1, 0.15) is 51.9 Å². The molecular weight excluding hydrogens is 352 g/mol. The Balaban J connectivity index is 1.30. The van der Waals surface area contributed by atoms with Crippen LogP contribution in [0.2, 0.25) is 0 Å². The zero-order valence-corrected chi connectivity index (χ0v) is 16.8. The van der Waals surface area contributed by atoms with E-state index in [1.54, 1.807) is 0 Å². The van der Waals surface area contributed by atoms with Crippen molar-refractivity contribution in [1.82, 2.24) is 10.2 Å². The Bertz CT molecular complexity index is 686. The molecule has 2 amide bonds. The number of ether oxygens (including phenoxy) is 1. The van der Waals surface area contributed by atoms with Gasteiger partial charge in [0.15, 0.2) is 6.61 Å². The molecule has 4 atom stereocenters. The average molecular weight is 385 g/mol. The molecule has 1 aromatic rings. The minimum Gasteiger partial charge on any atom is -0.484 e. The number of nitrogens with zero attached hydrogens (tertiary/aromatic N) is 1. The molecule has 2 aliphatic carbocycles. The molecule has 0 aromatic heterocycles. The second-order valence-electron chi connectivity index (χ2n) is 8.81. The van der Waals surface area contributed by atoms with Crippen molar-refractivity contribution in [1.29, 1.82) is 0 Å². The predicted octanol–water partition coefficient (Wildman–Crippen LogP) is 3.39. The van der Waals surface area contributed by atoms with Crippen molar-refractivity contribution in [3.05, 3.63) is 30.3 Å². The second-order valence-corrected chi connectivity index (χ2v) is 8.81. The van der Waals surface area contributed by atoms with E-state index in [9.17, 15) is 9.59 Å².